The van der Waals surface area contributed by atoms with Gasteiger partial charge in [-0.15, -0.1) is 0 Å². The van der Waals surface area contributed by atoms with Crippen molar-refractivity contribution in [2.75, 3.05) is 7.11 Å². The fourth-order valence-electron chi connectivity index (χ4n) is 3.37. The van der Waals surface area contributed by atoms with Crippen molar-refractivity contribution in [1.82, 2.24) is 4.98 Å². The summed E-state index contributed by atoms with van der Waals surface area (Å²) in [6.45, 7) is 3.80. The summed E-state index contributed by atoms with van der Waals surface area (Å²) in [7, 11) is 1.36. The van der Waals surface area contributed by atoms with Crippen molar-refractivity contribution in [3.05, 3.63) is 41.5 Å². The molecular weight excluding hydrogens is 306 g/mol. The number of rotatable bonds is 1. The van der Waals surface area contributed by atoms with Crippen LogP contribution in [0.5, 0.6) is 5.75 Å². The highest BCUT2D eigenvalue weighted by molar-refractivity contribution is 6.17. The molecule has 0 fully saturated rings. The lowest BCUT2D eigenvalue weighted by molar-refractivity contribution is 0.0598. The summed E-state index contributed by atoms with van der Waals surface area (Å²) in [5.41, 5.74) is 1.91. The Balaban J connectivity index is 2.07. The highest BCUT2D eigenvalue weighted by Crippen LogP contribution is 2.41. The van der Waals surface area contributed by atoms with E-state index < -0.39 is 11.6 Å². The van der Waals surface area contributed by atoms with Gasteiger partial charge in [-0.2, -0.15) is 0 Å². The molecule has 1 aliphatic rings. The molecule has 2 aromatic carbocycles. The average Bonchev–Trinajstić information content (AvgIpc) is 2.92. The number of benzene rings is 2. The molecule has 1 N–H and O–H groups in total. The Morgan fingerprint density at radius 1 is 1.17 bits per heavy atom. The molecule has 1 aromatic heterocycles. The van der Waals surface area contributed by atoms with Gasteiger partial charge in [0.05, 0.1) is 35.7 Å². The average molecular weight is 323 g/mol. The number of para-hydroxylation sites is 1. The van der Waals surface area contributed by atoms with Crippen molar-refractivity contribution < 1.29 is 19.1 Å². The van der Waals surface area contributed by atoms with Gasteiger partial charge < -0.3 is 14.5 Å². The Hall–Kier alpha value is -2.82. The second-order valence-corrected chi connectivity index (χ2v) is 6.67. The van der Waals surface area contributed by atoms with Crippen molar-refractivity contribution in [3.8, 4) is 5.75 Å². The molecule has 0 atom stereocenters. The Morgan fingerprint density at radius 3 is 2.67 bits per heavy atom. The third-order valence-electron chi connectivity index (χ3n) is 4.43. The lowest BCUT2D eigenvalue weighted by Gasteiger charge is -2.31. The van der Waals surface area contributed by atoms with Crippen LogP contribution in [-0.4, -0.2) is 29.4 Å². The lowest BCUT2D eigenvalue weighted by atomic mass is 9.92. The maximum atomic E-state index is 12.4. The van der Waals surface area contributed by atoms with E-state index in [9.17, 15) is 9.59 Å². The summed E-state index contributed by atoms with van der Waals surface area (Å²) in [5, 5.41) is 1.81. The van der Waals surface area contributed by atoms with Gasteiger partial charge in [-0.3, -0.25) is 4.79 Å². The minimum absolute atomic E-state index is 0.0648. The van der Waals surface area contributed by atoms with Crippen LogP contribution >= 0.6 is 0 Å². The zero-order chi connectivity index (χ0) is 17.1. The van der Waals surface area contributed by atoms with Crippen LogP contribution in [0.4, 0.5) is 0 Å². The predicted molar refractivity (Wildman–Crippen MR) is 90.8 cm³/mol. The molecule has 0 saturated heterocycles. The van der Waals surface area contributed by atoms with E-state index in [0.717, 1.165) is 16.3 Å². The first-order valence-electron chi connectivity index (χ1n) is 7.79. The smallest absolute Gasteiger partial charge is 0.339 e. The third-order valence-corrected chi connectivity index (χ3v) is 4.43. The van der Waals surface area contributed by atoms with Crippen molar-refractivity contribution >= 4 is 33.6 Å². The van der Waals surface area contributed by atoms with Crippen molar-refractivity contribution in [2.45, 2.75) is 25.9 Å². The summed E-state index contributed by atoms with van der Waals surface area (Å²) in [5.74, 6) is 0.217. The van der Waals surface area contributed by atoms with Gasteiger partial charge in [0.25, 0.3) is 0 Å². The third kappa shape index (κ3) is 2.01. The van der Waals surface area contributed by atoms with E-state index in [1.165, 1.54) is 7.11 Å². The van der Waals surface area contributed by atoms with Crippen LogP contribution < -0.4 is 4.74 Å². The van der Waals surface area contributed by atoms with Crippen LogP contribution in [0, 0.1) is 0 Å². The number of hydrogen-bond donors (Lipinski definition) is 1. The van der Waals surface area contributed by atoms with Gasteiger partial charge >= 0.3 is 5.97 Å². The molecule has 1 aliphatic heterocycles. The number of H-pyrrole nitrogens is 1. The number of hydrogen-bond acceptors (Lipinski definition) is 4. The lowest BCUT2D eigenvalue weighted by Crippen LogP contribution is -2.35. The molecule has 0 amide bonds. The SMILES string of the molecule is COC(=O)c1cccc2c1[nH]c1c3c(ccc12)C(=O)CC(C)(C)O3. The molecule has 5 heteroatoms. The first-order valence-corrected chi connectivity index (χ1v) is 7.79. The van der Waals surface area contributed by atoms with Crippen LogP contribution in [0.2, 0.25) is 0 Å². The number of aromatic amines is 1. The molecule has 0 aliphatic carbocycles. The zero-order valence-electron chi connectivity index (χ0n) is 13.7. The fraction of sp³-hybridized carbons (Fsp3) is 0.263. The molecule has 2 heterocycles. The van der Waals surface area contributed by atoms with Gasteiger partial charge in [0.15, 0.2) is 11.5 Å². The Bertz CT molecular complexity index is 1010. The number of nitrogens with one attached hydrogen (secondary N) is 1. The standard InChI is InChI=1S/C19H17NO4/c1-19(2)9-14(21)12-8-7-11-10-5-4-6-13(18(22)23-3)15(10)20-16(11)17(12)24-19/h4-8,20H,9H2,1-3H3. The number of fused-ring (bicyclic) bond motifs is 5. The van der Waals surface area contributed by atoms with E-state index in [1.54, 1.807) is 12.1 Å². The number of Topliss-reactive ketones (excluding diaryl/α,β-unsaturated/α-hetero) is 1. The number of carbonyl (C=O) groups is 2. The normalized spacial score (nSPS) is 16.0. The first-order chi connectivity index (χ1) is 11.4. The van der Waals surface area contributed by atoms with Crippen LogP contribution in [-0.2, 0) is 4.74 Å². The summed E-state index contributed by atoms with van der Waals surface area (Å²) in [6.07, 6.45) is 0.346. The number of methoxy groups -OCH3 is 1. The van der Waals surface area contributed by atoms with Crippen molar-refractivity contribution in [2.24, 2.45) is 0 Å². The van der Waals surface area contributed by atoms with Crippen molar-refractivity contribution in [3.63, 3.8) is 0 Å². The van der Waals surface area contributed by atoms with E-state index in [4.69, 9.17) is 9.47 Å². The second-order valence-electron chi connectivity index (χ2n) is 6.67. The minimum atomic E-state index is -0.555. The Labute approximate surface area is 138 Å². The summed E-state index contributed by atoms with van der Waals surface area (Å²) in [4.78, 5) is 27.7. The molecule has 24 heavy (non-hydrogen) atoms. The van der Waals surface area contributed by atoms with Gasteiger partial charge in [0.1, 0.15) is 5.60 Å². The monoisotopic (exact) mass is 323 g/mol. The maximum absolute atomic E-state index is 12.4. The summed E-state index contributed by atoms with van der Waals surface area (Å²) >= 11 is 0. The van der Waals surface area contributed by atoms with Crippen LogP contribution in [0.3, 0.4) is 0 Å². The predicted octanol–water partition coefficient (Wildman–Crippen LogP) is 3.85. The molecule has 0 unspecified atom stereocenters. The Morgan fingerprint density at radius 2 is 1.92 bits per heavy atom. The molecule has 4 rings (SSSR count). The zero-order valence-corrected chi connectivity index (χ0v) is 13.7. The van der Waals surface area contributed by atoms with E-state index in [2.05, 4.69) is 4.98 Å². The van der Waals surface area contributed by atoms with Crippen LogP contribution in [0.1, 0.15) is 41.0 Å². The first kappa shape index (κ1) is 14.8. The Kier molecular flexibility index (Phi) is 2.97. The summed E-state index contributed by atoms with van der Waals surface area (Å²) in [6, 6.07) is 9.16. The summed E-state index contributed by atoms with van der Waals surface area (Å²) < 4.78 is 10.9. The van der Waals surface area contributed by atoms with Crippen molar-refractivity contribution in [1.29, 1.82) is 0 Å². The van der Waals surface area contributed by atoms with Crippen LogP contribution in [0.25, 0.3) is 21.8 Å². The maximum Gasteiger partial charge on any atom is 0.339 e. The highest BCUT2D eigenvalue weighted by atomic mass is 16.5. The van der Waals surface area contributed by atoms with E-state index >= 15 is 0 Å². The minimum Gasteiger partial charge on any atom is -0.484 e. The second kappa shape index (κ2) is 4.84. The molecule has 0 radical (unpaired) electrons. The van der Waals surface area contributed by atoms with Gasteiger partial charge in [0, 0.05) is 10.8 Å². The molecule has 122 valence electrons. The molecule has 0 spiro atoms. The fourth-order valence-corrected chi connectivity index (χ4v) is 3.37. The topological polar surface area (TPSA) is 68.4 Å². The van der Waals surface area contributed by atoms with Crippen LogP contribution in [0.15, 0.2) is 30.3 Å². The largest absolute Gasteiger partial charge is 0.484 e. The number of aromatic nitrogens is 1. The quantitative estimate of drug-likeness (QED) is 0.691. The highest BCUT2D eigenvalue weighted by Gasteiger charge is 2.34. The van der Waals surface area contributed by atoms with E-state index in [-0.39, 0.29) is 5.78 Å². The van der Waals surface area contributed by atoms with Gasteiger partial charge in [-0.05, 0) is 26.0 Å². The molecule has 0 saturated carbocycles. The van der Waals surface area contributed by atoms with Gasteiger partial charge in [-0.25, -0.2) is 4.79 Å². The molecule has 3 aromatic rings. The molecule has 0 bridgehead atoms. The number of carbonyl (C=O) groups excluding carboxylic acids is 2. The van der Waals surface area contributed by atoms with E-state index in [1.807, 2.05) is 32.0 Å². The number of esters is 1. The van der Waals surface area contributed by atoms with E-state index in [0.29, 0.717) is 28.8 Å². The van der Waals surface area contributed by atoms with Gasteiger partial charge in [0.2, 0.25) is 0 Å². The molecular formula is C19H17NO4. The molecule has 5 nitrogen and oxygen atoms in total. The number of ketones is 1. The number of ether oxygens (including phenoxy) is 2. The van der Waals surface area contributed by atoms with Gasteiger partial charge in [-0.1, -0.05) is 18.2 Å².